The van der Waals surface area contributed by atoms with E-state index in [2.05, 4.69) is 41.2 Å². The number of aryl methyl sites for hydroxylation is 2. The molecule has 0 saturated heterocycles. The Kier molecular flexibility index (Phi) is 8.17. The Bertz CT molecular complexity index is 432. The van der Waals surface area contributed by atoms with Crippen molar-refractivity contribution >= 4 is 7.82 Å². The van der Waals surface area contributed by atoms with Crippen molar-refractivity contribution in [2.75, 3.05) is 20.3 Å². The van der Waals surface area contributed by atoms with Crippen molar-refractivity contribution in [3.05, 3.63) is 30.6 Å². The molecular weight excluding hydrogens is 283 g/mol. The molecule has 2 heterocycles. The van der Waals surface area contributed by atoms with Crippen molar-refractivity contribution in [3.8, 4) is 0 Å². The molecule has 0 amide bonds. The number of rotatable bonds is 1. The fourth-order valence-electron chi connectivity index (χ4n) is 1.23. The maximum atomic E-state index is 8.88. The van der Waals surface area contributed by atoms with Gasteiger partial charge < -0.3 is 29.0 Å². The predicted octanol–water partition coefficient (Wildman–Crippen LogP) is 0.482. The molecule has 3 N–H and O–H groups in total. The van der Waals surface area contributed by atoms with Gasteiger partial charge in [-0.1, -0.05) is 0 Å². The summed E-state index contributed by atoms with van der Waals surface area (Å²) in [5, 5.41) is 0. The van der Waals surface area contributed by atoms with Crippen LogP contribution in [0.15, 0.2) is 24.8 Å². The average Bonchev–Trinajstić information content (AvgIpc) is 2.88. The minimum Gasteiger partial charge on any atom is -0.362 e. The van der Waals surface area contributed by atoms with Crippen LogP contribution in [-0.4, -0.2) is 54.3 Å². The van der Waals surface area contributed by atoms with E-state index < -0.39 is 7.82 Å². The molecule has 2 rings (SSSR count). The summed E-state index contributed by atoms with van der Waals surface area (Å²) in [6.07, 6.45) is 7.91. The summed E-state index contributed by atoms with van der Waals surface area (Å²) in [5.74, 6) is 1.06. The molecule has 1 aliphatic rings. The standard InChI is InChI=1S/C6H12N2.C5H8N2.H3O4P/c1-3-8-5-4-7(2)6-8;1-5-6-3-4-7(5)2;1-5(2,3)4/h4-5H,3,6H2,1-2H3;3-4H,1-2H3;(H3,1,2,3,4). The fourth-order valence-corrected chi connectivity index (χ4v) is 1.23. The maximum absolute atomic E-state index is 8.88. The molecule has 20 heavy (non-hydrogen) atoms. The van der Waals surface area contributed by atoms with E-state index in [1.54, 1.807) is 6.20 Å². The zero-order valence-corrected chi connectivity index (χ0v) is 13.1. The van der Waals surface area contributed by atoms with Crippen LogP contribution < -0.4 is 0 Å². The van der Waals surface area contributed by atoms with E-state index in [1.165, 1.54) is 0 Å². The first kappa shape index (κ1) is 18.7. The van der Waals surface area contributed by atoms with Gasteiger partial charge in [0.1, 0.15) is 5.82 Å². The van der Waals surface area contributed by atoms with Gasteiger partial charge in [-0.05, 0) is 13.8 Å². The van der Waals surface area contributed by atoms with E-state index in [0.717, 1.165) is 19.0 Å². The molecule has 1 aliphatic heterocycles. The van der Waals surface area contributed by atoms with E-state index in [1.807, 2.05) is 24.7 Å². The molecule has 8 nitrogen and oxygen atoms in total. The molecule has 0 radical (unpaired) electrons. The van der Waals surface area contributed by atoms with Crippen LogP contribution in [-0.2, 0) is 11.6 Å². The highest BCUT2D eigenvalue weighted by Gasteiger charge is 2.03. The highest BCUT2D eigenvalue weighted by atomic mass is 31.2. The van der Waals surface area contributed by atoms with Crippen molar-refractivity contribution < 1.29 is 19.2 Å². The quantitative estimate of drug-likeness (QED) is 0.649. The predicted molar refractivity (Wildman–Crippen MR) is 76.4 cm³/mol. The van der Waals surface area contributed by atoms with Gasteiger partial charge in [-0.15, -0.1) is 0 Å². The Balaban J connectivity index is 0.000000280. The molecule has 0 aromatic carbocycles. The Morgan fingerprint density at radius 2 is 1.85 bits per heavy atom. The van der Waals surface area contributed by atoms with Crippen LogP contribution in [0.5, 0.6) is 0 Å². The van der Waals surface area contributed by atoms with Gasteiger partial charge >= 0.3 is 7.82 Å². The maximum Gasteiger partial charge on any atom is 0.466 e. The monoisotopic (exact) mass is 306 g/mol. The minimum atomic E-state index is -4.64. The van der Waals surface area contributed by atoms with Gasteiger partial charge in [-0.25, -0.2) is 9.55 Å². The van der Waals surface area contributed by atoms with Crippen LogP contribution in [0.1, 0.15) is 12.7 Å². The number of imidazole rings is 1. The summed E-state index contributed by atoms with van der Waals surface area (Å²) in [6.45, 7) is 6.29. The minimum absolute atomic E-state index is 1.05. The highest BCUT2D eigenvalue weighted by molar-refractivity contribution is 7.45. The van der Waals surface area contributed by atoms with E-state index >= 15 is 0 Å². The topological polar surface area (TPSA) is 102 Å². The third-order valence-electron chi connectivity index (χ3n) is 2.40. The van der Waals surface area contributed by atoms with E-state index in [0.29, 0.717) is 0 Å². The van der Waals surface area contributed by atoms with Gasteiger partial charge in [0.2, 0.25) is 0 Å². The lowest BCUT2D eigenvalue weighted by atomic mass is 10.6. The van der Waals surface area contributed by atoms with Crippen LogP contribution in [0.2, 0.25) is 0 Å². The Hall–Kier alpha value is -1.34. The highest BCUT2D eigenvalue weighted by Crippen LogP contribution is 2.25. The lowest BCUT2D eigenvalue weighted by Gasteiger charge is -2.14. The lowest BCUT2D eigenvalue weighted by molar-refractivity contribution is 0.275. The van der Waals surface area contributed by atoms with Crippen molar-refractivity contribution in [1.29, 1.82) is 0 Å². The second-order valence-electron chi connectivity index (χ2n) is 4.20. The Morgan fingerprint density at radius 3 is 2.00 bits per heavy atom. The van der Waals surface area contributed by atoms with Gasteiger partial charge in [0.15, 0.2) is 0 Å². The van der Waals surface area contributed by atoms with Crippen LogP contribution in [0.4, 0.5) is 0 Å². The second kappa shape index (κ2) is 8.76. The van der Waals surface area contributed by atoms with Crippen LogP contribution in [0.25, 0.3) is 0 Å². The summed E-state index contributed by atoms with van der Waals surface area (Å²) >= 11 is 0. The van der Waals surface area contributed by atoms with E-state index in [4.69, 9.17) is 19.2 Å². The Labute approximate surface area is 119 Å². The van der Waals surface area contributed by atoms with Crippen molar-refractivity contribution in [2.45, 2.75) is 13.8 Å². The first-order valence-corrected chi connectivity index (χ1v) is 7.54. The third-order valence-corrected chi connectivity index (χ3v) is 2.40. The molecule has 0 fully saturated rings. The van der Waals surface area contributed by atoms with Crippen molar-refractivity contribution in [1.82, 2.24) is 19.4 Å². The third kappa shape index (κ3) is 10.6. The normalized spacial score (nSPS) is 13.6. The van der Waals surface area contributed by atoms with Gasteiger partial charge in [0.25, 0.3) is 0 Å². The molecule has 0 atom stereocenters. The van der Waals surface area contributed by atoms with Crippen LogP contribution in [0.3, 0.4) is 0 Å². The number of nitrogens with zero attached hydrogens (tertiary/aromatic N) is 4. The number of aromatic nitrogens is 2. The molecule has 0 saturated carbocycles. The molecule has 9 heteroatoms. The van der Waals surface area contributed by atoms with Gasteiger partial charge in [-0.3, -0.25) is 0 Å². The molecule has 116 valence electrons. The lowest BCUT2D eigenvalue weighted by Crippen LogP contribution is -2.21. The number of hydrogen-bond donors (Lipinski definition) is 3. The molecule has 0 unspecified atom stereocenters. The molecule has 0 aliphatic carbocycles. The van der Waals surface area contributed by atoms with Crippen LogP contribution >= 0.6 is 7.82 Å². The SMILES string of the molecule is CCN1C=CN(C)C1.Cc1nccn1C.O=P(O)(O)O. The zero-order valence-electron chi connectivity index (χ0n) is 12.2. The molecule has 0 bridgehead atoms. The number of phosphoric acid groups is 1. The molecule has 1 aromatic rings. The fraction of sp³-hybridized carbons (Fsp3) is 0.545. The summed E-state index contributed by atoms with van der Waals surface area (Å²) in [5.41, 5.74) is 0. The van der Waals surface area contributed by atoms with Crippen LogP contribution in [0, 0.1) is 6.92 Å². The zero-order chi connectivity index (χ0) is 15.8. The largest absolute Gasteiger partial charge is 0.466 e. The second-order valence-corrected chi connectivity index (χ2v) is 5.23. The summed E-state index contributed by atoms with van der Waals surface area (Å²) in [6, 6.07) is 0. The van der Waals surface area contributed by atoms with Crippen molar-refractivity contribution in [3.63, 3.8) is 0 Å². The summed E-state index contributed by atoms with van der Waals surface area (Å²) in [4.78, 5) is 29.9. The smallest absolute Gasteiger partial charge is 0.362 e. The summed E-state index contributed by atoms with van der Waals surface area (Å²) < 4.78 is 10.9. The number of hydrogen-bond acceptors (Lipinski definition) is 4. The molecular formula is C11H23N4O4P. The first-order valence-electron chi connectivity index (χ1n) is 5.98. The van der Waals surface area contributed by atoms with Gasteiger partial charge in [-0.2, -0.15) is 0 Å². The van der Waals surface area contributed by atoms with E-state index in [9.17, 15) is 0 Å². The van der Waals surface area contributed by atoms with Crippen molar-refractivity contribution in [2.24, 2.45) is 7.05 Å². The van der Waals surface area contributed by atoms with Gasteiger partial charge in [0.05, 0.1) is 6.67 Å². The van der Waals surface area contributed by atoms with Gasteiger partial charge in [0, 0.05) is 45.4 Å². The Morgan fingerprint density at radius 1 is 1.30 bits per heavy atom. The molecule has 0 spiro atoms. The first-order chi connectivity index (χ1) is 9.13. The summed E-state index contributed by atoms with van der Waals surface area (Å²) in [7, 11) is -0.589. The molecule has 1 aromatic heterocycles. The average molecular weight is 306 g/mol. The van der Waals surface area contributed by atoms with E-state index in [-0.39, 0.29) is 0 Å².